The highest BCUT2D eigenvalue weighted by Crippen LogP contribution is 2.30. The molecule has 0 aromatic carbocycles. The molecule has 25 heavy (non-hydrogen) atoms. The molecule has 3 atom stereocenters. The van der Waals surface area contributed by atoms with Gasteiger partial charge in [-0.1, -0.05) is 26.2 Å². The molecule has 0 radical (unpaired) electrons. The van der Waals surface area contributed by atoms with Crippen LogP contribution in [-0.4, -0.2) is 40.9 Å². The number of hydrogen-bond acceptors (Lipinski definition) is 3. The molecule has 2 heterocycles. The molecule has 2 aliphatic rings. The van der Waals surface area contributed by atoms with Crippen molar-refractivity contribution in [2.75, 3.05) is 20.1 Å². The van der Waals surface area contributed by atoms with Crippen LogP contribution in [0.4, 0.5) is 0 Å². The zero-order chi connectivity index (χ0) is 17.6. The van der Waals surface area contributed by atoms with Gasteiger partial charge in [0.15, 0.2) is 5.96 Å². The third kappa shape index (κ3) is 4.95. The highest BCUT2D eigenvalue weighted by molar-refractivity contribution is 5.79. The van der Waals surface area contributed by atoms with Crippen molar-refractivity contribution < 1.29 is 0 Å². The van der Waals surface area contributed by atoms with Crippen molar-refractivity contribution >= 4 is 5.96 Å². The molecule has 6 heteroatoms. The Labute approximate surface area is 151 Å². The van der Waals surface area contributed by atoms with Crippen molar-refractivity contribution in [3.63, 3.8) is 0 Å². The van der Waals surface area contributed by atoms with Gasteiger partial charge in [0.05, 0.1) is 0 Å². The second-order valence-corrected chi connectivity index (χ2v) is 7.99. The molecular weight excluding hydrogens is 312 g/mol. The van der Waals surface area contributed by atoms with Crippen molar-refractivity contribution in [2.24, 2.45) is 22.7 Å². The minimum Gasteiger partial charge on any atom is -0.356 e. The SMILES string of the molecule is CN=C(NCCC1CCCC(C)C1)NCC1CCc2nnc(C)n2C1. The van der Waals surface area contributed by atoms with Gasteiger partial charge < -0.3 is 15.2 Å². The fraction of sp³-hybridized carbons (Fsp3) is 0.842. The van der Waals surface area contributed by atoms with Crippen LogP contribution in [0.2, 0.25) is 0 Å². The van der Waals surface area contributed by atoms with Crippen molar-refractivity contribution in [1.82, 2.24) is 25.4 Å². The monoisotopic (exact) mass is 346 g/mol. The molecule has 3 unspecified atom stereocenters. The Morgan fingerprint density at radius 2 is 2.08 bits per heavy atom. The molecule has 3 rings (SSSR count). The molecule has 2 N–H and O–H groups in total. The van der Waals surface area contributed by atoms with E-state index >= 15 is 0 Å². The lowest BCUT2D eigenvalue weighted by Gasteiger charge is -2.27. The maximum Gasteiger partial charge on any atom is 0.190 e. The average Bonchev–Trinajstić information content (AvgIpc) is 2.99. The van der Waals surface area contributed by atoms with Crippen molar-refractivity contribution in [3.05, 3.63) is 11.6 Å². The number of guanidine groups is 1. The van der Waals surface area contributed by atoms with Gasteiger partial charge >= 0.3 is 0 Å². The van der Waals surface area contributed by atoms with Gasteiger partial charge in [-0.05, 0) is 43.9 Å². The van der Waals surface area contributed by atoms with Gasteiger partial charge in [0.2, 0.25) is 0 Å². The van der Waals surface area contributed by atoms with E-state index in [9.17, 15) is 0 Å². The zero-order valence-electron chi connectivity index (χ0n) is 16.1. The zero-order valence-corrected chi connectivity index (χ0v) is 16.1. The van der Waals surface area contributed by atoms with Gasteiger partial charge in [0.25, 0.3) is 0 Å². The van der Waals surface area contributed by atoms with Crippen LogP contribution in [0.1, 0.15) is 57.1 Å². The number of aromatic nitrogens is 3. The first-order valence-corrected chi connectivity index (χ1v) is 9.99. The van der Waals surface area contributed by atoms with Crippen molar-refractivity contribution in [1.29, 1.82) is 0 Å². The molecule has 0 bridgehead atoms. The van der Waals surface area contributed by atoms with Crippen LogP contribution in [0, 0.1) is 24.7 Å². The van der Waals surface area contributed by atoms with Crippen molar-refractivity contribution in [2.45, 2.75) is 65.3 Å². The number of rotatable bonds is 5. The molecule has 1 fully saturated rings. The largest absolute Gasteiger partial charge is 0.356 e. The Bertz CT molecular complexity index is 578. The molecule has 1 saturated carbocycles. The summed E-state index contributed by atoms with van der Waals surface area (Å²) in [5, 5.41) is 15.5. The highest BCUT2D eigenvalue weighted by Gasteiger charge is 2.22. The Hall–Kier alpha value is -1.59. The molecule has 1 aromatic rings. The second kappa shape index (κ2) is 8.68. The Balaban J connectivity index is 1.37. The quantitative estimate of drug-likeness (QED) is 0.635. The lowest BCUT2D eigenvalue weighted by atomic mass is 9.81. The molecule has 1 aliphatic heterocycles. The minimum atomic E-state index is 0.611. The number of nitrogens with one attached hydrogen (secondary N) is 2. The molecule has 1 aromatic heterocycles. The summed E-state index contributed by atoms with van der Waals surface area (Å²) in [6, 6.07) is 0. The maximum atomic E-state index is 4.38. The normalized spacial score (nSPS) is 27.0. The Morgan fingerprint density at radius 1 is 1.20 bits per heavy atom. The van der Waals surface area contributed by atoms with Crippen LogP contribution < -0.4 is 10.6 Å². The maximum absolute atomic E-state index is 4.38. The van der Waals surface area contributed by atoms with E-state index in [1.165, 1.54) is 38.5 Å². The predicted octanol–water partition coefficient (Wildman–Crippen LogP) is 2.53. The average molecular weight is 347 g/mol. The summed E-state index contributed by atoms with van der Waals surface area (Å²) < 4.78 is 2.26. The standard InChI is InChI=1S/C19H34N6/c1-14-5-4-6-16(11-14)9-10-21-19(20-3)22-12-17-7-8-18-24-23-15(2)25(18)13-17/h14,16-17H,4-13H2,1-3H3,(H2,20,21,22). The van der Waals surface area contributed by atoms with Gasteiger partial charge in [-0.3, -0.25) is 4.99 Å². The predicted molar refractivity (Wildman–Crippen MR) is 102 cm³/mol. The van der Waals surface area contributed by atoms with E-state index in [1.807, 2.05) is 14.0 Å². The number of nitrogens with zero attached hydrogens (tertiary/aromatic N) is 4. The molecule has 1 aliphatic carbocycles. The summed E-state index contributed by atoms with van der Waals surface area (Å²) >= 11 is 0. The Kier molecular flexibility index (Phi) is 6.32. The van der Waals surface area contributed by atoms with Crippen LogP contribution in [0.5, 0.6) is 0 Å². The summed E-state index contributed by atoms with van der Waals surface area (Å²) in [5.41, 5.74) is 0. The number of hydrogen-bond donors (Lipinski definition) is 2. The number of aliphatic imine (C=N–C) groups is 1. The first-order chi connectivity index (χ1) is 12.2. The summed E-state index contributed by atoms with van der Waals surface area (Å²) in [4.78, 5) is 4.38. The third-order valence-electron chi connectivity index (χ3n) is 5.90. The van der Waals surface area contributed by atoms with E-state index < -0.39 is 0 Å². The van der Waals surface area contributed by atoms with E-state index in [0.717, 1.165) is 55.5 Å². The highest BCUT2D eigenvalue weighted by atomic mass is 15.3. The van der Waals surface area contributed by atoms with E-state index in [0.29, 0.717) is 5.92 Å². The number of aryl methyl sites for hydroxylation is 2. The molecule has 0 amide bonds. The lowest BCUT2D eigenvalue weighted by Crippen LogP contribution is -2.42. The molecule has 0 saturated heterocycles. The van der Waals surface area contributed by atoms with Crippen molar-refractivity contribution in [3.8, 4) is 0 Å². The fourth-order valence-corrected chi connectivity index (χ4v) is 4.37. The van der Waals surface area contributed by atoms with E-state index in [4.69, 9.17) is 0 Å². The molecule has 0 spiro atoms. The Morgan fingerprint density at radius 3 is 2.88 bits per heavy atom. The van der Waals surface area contributed by atoms with Gasteiger partial charge in [0, 0.05) is 33.1 Å². The number of fused-ring (bicyclic) bond motifs is 1. The van der Waals surface area contributed by atoms with E-state index in [2.05, 4.69) is 37.3 Å². The topological polar surface area (TPSA) is 67.1 Å². The smallest absolute Gasteiger partial charge is 0.190 e. The molecule has 6 nitrogen and oxygen atoms in total. The lowest BCUT2D eigenvalue weighted by molar-refractivity contribution is 0.270. The first kappa shape index (κ1) is 18.2. The minimum absolute atomic E-state index is 0.611. The van der Waals surface area contributed by atoms with Crippen LogP contribution >= 0.6 is 0 Å². The van der Waals surface area contributed by atoms with Crippen LogP contribution in [-0.2, 0) is 13.0 Å². The second-order valence-electron chi connectivity index (χ2n) is 7.99. The van der Waals surface area contributed by atoms with Crippen LogP contribution in [0.15, 0.2) is 4.99 Å². The van der Waals surface area contributed by atoms with Gasteiger partial charge in [0.1, 0.15) is 11.6 Å². The summed E-state index contributed by atoms with van der Waals surface area (Å²) in [6.45, 7) is 7.43. The van der Waals surface area contributed by atoms with Gasteiger partial charge in [-0.2, -0.15) is 0 Å². The summed E-state index contributed by atoms with van der Waals surface area (Å²) in [7, 11) is 1.86. The molecular formula is C19H34N6. The van der Waals surface area contributed by atoms with Gasteiger partial charge in [-0.25, -0.2) is 0 Å². The van der Waals surface area contributed by atoms with Gasteiger partial charge in [-0.15, -0.1) is 10.2 Å². The summed E-state index contributed by atoms with van der Waals surface area (Å²) in [5.74, 6) is 5.52. The third-order valence-corrected chi connectivity index (χ3v) is 5.90. The molecule has 140 valence electrons. The fourth-order valence-electron chi connectivity index (χ4n) is 4.37. The van der Waals surface area contributed by atoms with E-state index in [1.54, 1.807) is 0 Å². The summed E-state index contributed by atoms with van der Waals surface area (Å²) in [6.07, 6.45) is 9.09. The van der Waals surface area contributed by atoms with E-state index in [-0.39, 0.29) is 0 Å². The van der Waals surface area contributed by atoms with Crippen LogP contribution in [0.3, 0.4) is 0 Å². The first-order valence-electron chi connectivity index (χ1n) is 9.99. The van der Waals surface area contributed by atoms with Crippen LogP contribution in [0.25, 0.3) is 0 Å².